The molecule has 62 heavy (non-hydrogen) atoms. The van der Waals surface area contributed by atoms with Crippen molar-refractivity contribution in [1.82, 2.24) is 20.5 Å². The number of aromatic nitrogens is 3. The standard InChI is InChI=1S/C45H56N4O12Si/c1-30(50)55-29-39-41(56-31(2)51)42(57-32(3)52)43(58-33(4)53)44(60-39)59-35-25-23-34(24-26-35)38-28-49(48-46-38)27-17-9-8-16-22-40(54)47-61-62(45(5,6)7,36-18-12-10-13-19-36)37-20-14-11-15-21-37/h10-15,18-21,23-26,28,39,41-44H,8-9,16-17,22,27,29H2,1-7H3,(H,47,54)/t39-,41-,42+,43-,44+/m1/s1. The number of ether oxygens (including phenoxy) is 6. The van der Waals surface area contributed by atoms with E-state index in [1.54, 1.807) is 28.9 Å². The number of nitrogens with one attached hydrogen (secondary N) is 1. The van der Waals surface area contributed by atoms with Crippen LogP contribution in [-0.2, 0) is 58.7 Å². The molecule has 1 saturated heterocycles. The number of esters is 4. The van der Waals surface area contributed by atoms with Crippen molar-refractivity contribution in [2.45, 2.75) is 123 Å². The maximum Gasteiger partial charge on any atom is 0.303 e. The van der Waals surface area contributed by atoms with Crippen LogP contribution in [0.5, 0.6) is 5.75 Å². The highest BCUT2D eigenvalue weighted by atomic mass is 28.4. The number of amides is 1. The number of nitrogens with zero attached hydrogens (tertiary/aromatic N) is 3. The number of benzene rings is 3. The number of aryl methyl sites for hydroxylation is 1. The third-order valence-corrected chi connectivity index (χ3v) is 15.0. The van der Waals surface area contributed by atoms with Crippen LogP contribution in [0.2, 0.25) is 5.04 Å². The largest absolute Gasteiger partial charge is 0.463 e. The third-order valence-electron chi connectivity index (χ3n) is 10.2. The van der Waals surface area contributed by atoms with E-state index in [2.05, 4.69) is 60.8 Å². The Morgan fingerprint density at radius 3 is 1.84 bits per heavy atom. The smallest absolute Gasteiger partial charge is 0.303 e. The molecule has 0 radical (unpaired) electrons. The van der Waals surface area contributed by atoms with Gasteiger partial charge in [-0.15, -0.1) is 5.10 Å². The van der Waals surface area contributed by atoms with Gasteiger partial charge in [0.05, 0.1) is 6.20 Å². The van der Waals surface area contributed by atoms with E-state index in [9.17, 15) is 24.0 Å². The zero-order valence-corrected chi connectivity index (χ0v) is 37.2. The van der Waals surface area contributed by atoms with Gasteiger partial charge in [0.25, 0.3) is 8.32 Å². The minimum Gasteiger partial charge on any atom is -0.463 e. The van der Waals surface area contributed by atoms with Gasteiger partial charge in [-0.1, -0.05) is 99.5 Å². The van der Waals surface area contributed by atoms with Gasteiger partial charge in [-0.05, 0) is 52.5 Å². The van der Waals surface area contributed by atoms with Crippen molar-refractivity contribution in [2.75, 3.05) is 6.61 Å². The van der Waals surface area contributed by atoms with Crippen molar-refractivity contribution in [3.8, 4) is 17.0 Å². The summed E-state index contributed by atoms with van der Waals surface area (Å²) >= 11 is 0. The molecule has 5 rings (SSSR count). The second-order valence-corrected chi connectivity index (χ2v) is 20.3. The SMILES string of the molecule is CC(=O)OC[C@H]1O[C@H](Oc2ccc(-c3cn(CCCCCCC(=O)NO[Si](c4ccccc4)(c4ccccc4)C(C)(C)C)nn3)cc2)[C@H](OC(C)=O)[C@@H](OC(C)=O)[C@@H]1OC(C)=O. The first-order valence-corrected chi connectivity index (χ1v) is 22.5. The van der Waals surface area contributed by atoms with Crippen molar-refractivity contribution >= 4 is 48.5 Å². The zero-order chi connectivity index (χ0) is 44.9. The molecule has 1 fully saturated rings. The molecule has 1 aromatic heterocycles. The van der Waals surface area contributed by atoms with E-state index in [0.29, 0.717) is 30.8 Å². The Morgan fingerprint density at radius 2 is 1.27 bits per heavy atom. The summed E-state index contributed by atoms with van der Waals surface area (Å²) in [6.07, 6.45) is -1.02. The Hall–Kier alpha value is -5.91. The van der Waals surface area contributed by atoms with Crippen LogP contribution in [0.4, 0.5) is 0 Å². The van der Waals surface area contributed by atoms with Crippen LogP contribution < -0.4 is 20.6 Å². The van der Waals surface area contributed by atoms with Gasteiger partial charge >= 0.3 is 23.9 Å². The molecule has 4 aromatic rings. The number of hydrogen-bond acceptors (Lipinski definition) is 14. The molecule has 0 spiro atoms. The highest BCUT2D eigenvalue weighted by molar-refractivity contribution is 6.99. The van der Waals surface area contributed by atoms with E-state index in [1.165, 1.54) is 6.92 Å². The second kappa shape index (κ2) is 21.7. The number of carbonyl (C=O) groups is 5. The Kier molecular flexibility index (Phi) is 16.5. The quantitative estimate of drug-likeness (QED) is 0.0437. The minimum absolute atomic E-state index is 0.145. The predicted molar refractivity (Wildman–Crippen MR) is 228 cm³/mol. The Bertz CT molecular complexity index is 2070. The molecule has 1 N–H and O–H groups in total. The Balaban J connectivity index is 1.13. The summed E-state index contributed by atoms with van der Waals surface area (Å²) in [5.41, 5.74) is 4.21. The van der Waals surface area contributed by atoms with Crippen molar-refractivity contribution in [1.29, 1.82) is 0 Å². The van der Waals surface area contributed by atoms with Gasteiger partial charge < -0.3 is 32.9 Å². The zero-order valence-electron chi connectivity index (χ0n) is 36.2. The van der Waals surface area contributed by atoms with Gasteiger partial charge in [-0.3, -0.25) is 28.7 Å². The summed E-state index contributed by atoms with van der Waals surface area (Å²) in [6, 6.07) is 27.2. The highest BCUT2D eigenvalue weighted by Crippen LogP contribution is 2.36. The molecule has 5 atom stereocenters. The van der Waals surface area contributed by atoms with Crippen LogP contribution >= 0.6 is 0 Å². The first-order chi connectivity index (χ1) is 29.6. The number of hydroxylamine groups is 1. The lowest BCUT2D eigenvalue weighted by molar-refractivity contribution is -0.288. The topological polar surface area (TPSA) is 193 Å². The molecule has 3 aromatic carbocycles. The monoisotopic (exact) mass is 872 g/mol. The van der Waals surface area contributed by atoms with Crippen molar-refractivity contribution in [3.63, 3.8) is 0 Å². The van der Waals surface area contributed by atoms with Crippen molar-refractivity contribution in [2.24, 2.45) is 0 Å². The summed E-state index contributed by atoms with van der Waals surface area (Å²) in [4.78, 5) is 61.1. The Labute approximate surface area is 362 Å². The van der Waals surface area contributed by atoms with Crippen molar-refractivity contribution < 1.29 is 56.9 Å². The van der Waals surface area contributed by atoms with E-state index in [0.717, 1.165) is 56.0 Å². The van der Waals surface area contributed by atoms with E-state index in [1.807, 2.05) is 42.6 Å². The molecule has 0 saturated carbocycles. The van der Waals surface area contributed by atoms with Gasteiger partial charge in [-0.2, -0.15) is 0 Å². The summed E-state index contributed by atoms with van der Waals surface area (Å²) in [7, 11) is -2.89. The van der Waals surface area contributed by atoms with Crippen LogP contribution in [0.25, 0.3) is 11.3 Å². The maximum absolute atomic E-state index is 13.1. The van der Waals surface area contributed by atoms with Crippen LogP contribution in [0.3, 0.4) is 0 Å². The first kappa shape index (κ1) is 47.1. The van der Waals surface area contributed by atoms with Gasteiger partial charge in [-0.25, -0.2) is 5.48 Å². The van der Waals surface area contributed by atoms with Gasteiger partial charge in [0.15, 0.2) is 12.2 Å². The fourth-order valence-corrected chi connectivity index (χ4v) is 11.6. The molecule has 17 heteroatoms. The first-order valence-electron chi connectivity index (χ1n) is 20.6. The molecule has 1 amide bonds. The van der Waals surface area contributed by atoms with Crippen LogP contribution in [-0.4, -0.2) is 90.4 Å². The molecule has 0 unspecified atom stereocenters. The lowest BCUT2D eigenvalue weighted by Gasteiger charge is -2.43. The normalized spacial score (nSPS) is 18.9. The van der Waals surface area contributed by atoms with E-state index < -0.39 is 62.9 Å². The molecule has 1 aliphatic heterocycles. The van der Waals surface area contributed by atoms with Crippen LogP contribution in [0, 0.1) is 0 Å². The van der Waals surface area contributed by atoms with Crippen molar-refractivity contribution in [3.05, 3.63) is 91.1 Å². The highest BCUT2D eigenvalue weighted by Gasteiger charge is 2.54. The average molecular weight is 873 g/mol. The van der Waals surface area contributed by atoms with E-state index in [4.69, 9.17) is 32.9 Å². The Morgan fingerprint density at radius 1 is 0.710 bits per heavy atom. The number of hydrogen-bond donors (Lipinski definition) is 1. The van der Waals surface area contributed by atoms with Crippen LogP contribution in [0.15, 0.2) is 91.1 Å². The molecular formula is C45H56N4O12Si. The summed E-state index contributed by atoms with van der Waals surface area (Å²) in [6.45, 7) is 11.4. The summed E-state index contributed by atoms with van der Waals surface area (Å²) < 4.78 is 42.0. The minimum atomic E-state index is -2.89. The third kappa shape index (κ3) is 12.6. The summed E-state index contributed by atoms with van der Waals surface area (Å²) in [5.74, 6) is -2.68. The van der Waals surface area contributed by atoms with Gasteiger partial charge in [0, 0.05) is 46.2 Å². The lowest BCUT2D eigenvalue weighted by atomic mass is 9.98. The average Bonchev–Trinajstić information content (AvgIpc) is 3.70. The van der Waals surface area contributed by atoms with Gasteiger partial charge in [0.1, 0.15) is 24.2 Å². The molecule has 0 bridgehead atoms. The lowest BCUT2D eigenvalue weighted by Crippen LogP contribution is -2.68. The molecular weight excluding hydrogens is 817 g/mol. The van der Waals surface area contributed by atoms with E-state index >= 15 is 0 Å². The maximum atomic E-state index is 13.1. The fourth-order valence-electron chi connectivity index (χ4n) is 7.41. The van der Waals surface area contributed by atoms with Gasteiger partial charge in [0.2, 0.25) is 18.3 Å². The predicted octanol–water partition coefficient (Wildman–Crippen LogP) is 4.97. The summed E-state index contributed by atoms with van der Waals surface area (Å²) in [5, 5.41) is 10.5. The fraction of sp³-hybridized carbons (Fsp3) is 0.444. The van der Waals surface area contributed by atoms with E-state index in [-0.39, 0.29) is 17.6 Å². The number of rotatable bonds is 19. The molecule has 16 nitrogen and oxygen atoms in total. The molecule has 2 heterocycles. The molecule has 0 aliphatic carbocycles. The van der Waals surface area contributed by atoms with Crippen LogP contribution in [0.1, 0.15) is 80.6 Å². The number of unbranched alkanes of at least 4 members (excludes halogenated alkanes) is 3. The molecule has 332 valence electrons. The number of carbonyl (C=O) groups excluding carboxylic acids is 5. The second-order valence-electron chi connectivity index (χ2n) is 16.0. The molecule has 1 aliphatic rings.